The van der Waals surface area contributed by atoms with Crippen molar-refractivity contribution in [1.29, 1.82) is 0 Å². The Hall–Kier alpha value is -2.58. The first kappa shape index (κ1) is 26.5. The number of rotatable bonds is 9. The summed E-state index contributed by atoms with van der Waals surface area (Å²) in [6, 6.07) is 15.1. The van der Waals surface area contributed by atoms with E-state index in [2.05, 4.69) is 26.7 Å². The van der Waals surface area contributed by atoms with Gasteiger partial charge < -0.3 is 19.9 Å². The SMILES string of the molecule is CCCc1nc(C(=O)N(CC(O)CN2CCN(c3cccc(Cl)c3Cl)CC2)c2ccccc2)c(C)[nH]1. The van der Waals surface area contributed by atoms with E-state index in [0.29, 0.717) is 22.3 Å². The molecular formula is C27H33Cl2N5O2. The van der Waals surface area contributed by atoms with E-state index < -0.39 is 6.10 Å². The number of anilines is 2. The third-order valence-corrected chi connectivity index (χ3v) is 7.25. The van der Waals surface area contributed by atoms with E-state index in [1.165, 1.54) is 0 Å². The minimum Gasteiger partial charge on any atom is -0.390 e. The Kier molecular flexibility index (Phi) is 8.90. The van der Waals surface area contributed by atoms with Gasteiger partial charge in [-0.3, -0.25) is 9.69 Å². The molecule has 1 atom stereocenters. The summed E-state index contributed by atoms with van der Waals surface area (Å²) in [6.07, 6.45) is 1.01. The molecule has 1 aromatic heterocycles. The Morgan fingerprint density at radius 1 is 1.11 bits per heavy atom. The lowest BCUT2D eigenvalue weighted by Gasteiger charge is -2.37. The second-order valence-electron chi connectivity index (χ2n) is 9.17. The van der Waals surface area contributed by atoms with Crippen molar-refractivity contribution in [3.8, 4) is 0 Å². The van der Waals surface area contributed by atoms with Crippen LogP contribution in [-0.4, -0.2) is 71.3 Å². The normalized spacial score (nSPS) is 15.2. The van der Waals surface area contributed by atoms with Gasteiger partial charge in [-0.2, -0.15) is 0 Å². The highest BCUT2D eigenvalue weighted by Crippen LogP contribution is 2.33. The number of imidazole rings is 1. The van der Waals surface area contributed by atoms with Crippen LogP contribution < -0.4 is 9.80 Å². The number of benzene rings is 2. The molecular weight excluding hydrogens is 497 g/mol. The van der Waals surface area contributed by atoms with Crippen molar-refractivity contribution in [2.45, 2.75) is 32.8 Å². The third kappa shape index (κ3) is 6.21. The Balaban J connectivity index is 1.41. The zero-order valence-corrected chi connectivity index (χ0v) is 22.3. The lowest BCUT2D eigenvalue weighted by atomic mass is 10.2. The Bertz CT molecular complexity index is 1160. The first-order valence-electron chi connectivity index (χ1n) is 12.4. The molecule has 0 bridgehead atoms. The number of hydrogen-bond donors (Lipinski definition) is 2. The van der Waals surface area contributed by atoms with Crippen molar-refractivity contribution in [3.63, 3.8) is 0 Å². The summed E-state index contributed by atoms with van der Waals surface area (Å²) >= 11 is 12.6. The minimum absolute atomic E-state index is 0.179. The number of nitrogens with one attached hydrogen (secondary N) is 1. The molecule has 1 unspecified atom stereocenters. The summed E-state index contributed by atoms with van der Waals surface area (Å²) in [5.41, 5.74) is 2.82. The van der Waals surface area contributed by atoms with Crippen LogP contribution in [0.4, 0.5) is 11.4 Å². The second kappa shape index (κ2) is 12.1. The molecule has 1 saturated heterocycles. The molecule has 0 spiro atoms. The molecule has 2 heterocycles. The van der Waals surface area contributed by atoms with Gasteiger partial charge >= 0.3 is 0 Å². The summed E-state index contributed by atoms with van der Waals surface area (Å²) in [5.74, 6) is 0.598. The molecule has 7 nitrogen and oxygen atoms in total. The highest BCUT2D eigenvalue weighted by Gasteiger charge is 2.27. The summed E-state index contributed by atoms with van der Waals surface area (Å²) < 4.78 is 0. The second-order valence-corrected chi connectivity index (χ2v) is 9.96. The van der Waals surface area contributed by atoms with Crippen LogP contribution in [0.1, 0.15) is 35.4 Å². The van der Waals surface area contributed by atoms with Crippen molar-refractivity contribution < 1.29 is 9.90 Å². The van der Waals surface area contributed by atoms with E-state index in [-0.39, 0.29) is 12.5 Å². The lowest BCUT2D eigenvalue weighted by molar-refractivity contribution is 0.0908. The number of H-pyrrole nitrogens is 1. The van der Waals surface area contributed by atoms with Crippen LogP contribution in [0.2, 0.25) is 10.0 Å². The summed E-state index contributed by atoms with van der Waals surface area (Å²) in [4.78, 5) is 27.4. The highest BCUT2D eigenvalue weighted by molar-refractivity contribution is 6.43. The zero-order valence-electron chi connectivity index (χ0n) is 20.8. The molecule has 2 aromatic carbocycles. The van der Waals surface area contributed by atoms with Crippen LogP contribution >= 0.6 is 23.2 Å². The number of aliphatic hydroxyl groups excluding tert-OH is 1. The van der Waals surface area contributed by atoms with Gasteiger partial charge in [0.25, 0.3) is 5.91 Å². The maximum absolute atomic E-state index is 13.6. The fourth-order valence-electron chi connectivity index (χ4n) is 4.60. The van der Waals surface area contributed by atoms with Crippen molar-refractivity contribution >= 4 is 40.5 Å². The average molecular weight is 531 g/mol. The molecule has 1 aliphatic rings. The van der Waals surface area contributed by atoms with E-state index >= 15 is 0 Å². The van der Waals surface area contributed by atoms with Crippen LogP contribution in [0.25, 0.3) is 0 Å². The van der Waals surface area contributed by atoms with Crippen LogP contribution in [0, 0.1) is 6.92 Å². The number of carbonyl (C=O) groups is 1. The average Bonchev–Trinajstić information content (AvgIpc) is 3.25. The number of aromatic amines is 1. The van der Waals surface area contributed by atoms with E-state index in [9.17, 15) is 9.90 Å². The van der Waals surface area contributed by atoms with E-state index in [4.69, 9.17) is 23.2 Å². The van der Waals surface area contributed by atoms with Gasteiger partial charge in [-0.25, -0.2) is 4.98 Å². The number of hydrogen-bond acceptors (Lipinski definition) is 5. The van der Waals surface area contributed by atoms with Gasteiger partial charge in [0.05, 0.1) is 28.4 Å². The number of nitrogens with zero attached hydrogens (tertiary/aromatic N) is 4. The zero-order chi connectivity index (χ0) is 25.7. The first-order valence-corrected chi connectivity index (χ1v) is 13.1. The van der Waals surface area contributed by atoms with E-state index in [0.717, 1.165) is 61.9 Å². The van der Waals surface area contributed by atoms with Gasteiger partial charge in [0.15, 0.2) is 0 Å². The number of carbonyl (C=O) groups excluding carboxylic acids is 1. The van der Waals surface area contributed by atoms with Crippen LogP contribution in [0.15, 0.2) is 48.5 Å². The predicted octanol–water partition coefficient (Wildman–Crippen LogP) is 4.81. The Morgan fingerprint density at radius 3 is 2.53 bits per heavy atom. The monoisotopic (exact) mass is 529 g/mol. The highest BCUT2D eigenvalue weighted by atomic mass is 35.5. The molecule has 9 heteroatoms. The van der Waals surface area contributed by atoms with Crippen molar-refractivity contribution in [3.05, 3.63) is 75.8 Å². The molecule has 0 radical (unpaired) electrons. The topological polar surface area (TPSA) is 75.7 Å². The largest absolute Gasteiger partial charge is 0.390 e. The molecule has 1 aliphatic heterocycles. The van der Waals surface area contributed by atoms with E-state index in [1.807, 2.05) is 49.4 Å². The van der Waals surface area contributed by atoms with Gasteiger partial charge in [-0.05, 0) is 37.6 Å². The minimum atomic E-state index is -0.718. The maximum Gasteiger partial charge on any atom is 0.278 e. The number of β-amino-alcohol motifs (C(OH)–C–C–N with tert-alkyl or cyclic N) is 1. The summed E-state index contributed by atoms with van der Waals surface area (Å²) in [6.45, 7) is 7.70. The third-order valence-electron chi connectivity index (χ3n) is 6.44. The first-order chi connectivity index (χ1) is 17.4. The number of piperazine rings is 1. The molecule has 1 fully saturated rings. The van der Waals surface area contributed by atoms with Gasteiger partial charge in [0.2, 0.25) is 0 Å². The molecule has 36 heavy (non-hydrogen) atoms. The molecule has 0 aliphatic carbocycles. The fraction of sp³-hybridized carbons (Fsp3) is 0.407. The van der Waals surface area contributed by atoms with Crippen LogP contribution in [0.3, 0.4) is 0 Å². The standard InChI is InChI=1S/C27H33Cl2N5O2/c1-3-8-24-30-19(2)26(31-24)27(36)34(20-9-5-4-6-10-20)18-21(35)17-32-13-15-33(16-14-32)23-12-7-11-22(28)25(23)29/h4-7,9-12,21,35H,3,8,13-18H2,1-2H3,(H,30,31). The predicted molar refractivity (Wildman–Crippen MR) is 147 cm³/mol. The quantitative estimate of drug-likeness (QED) is 0.416. The molecule has 3 aromatic rings. The molecule has 4 rings (SSSR count). The molecule has 1 amide bonds. The van der Waals surface area contributed by atoms with Gasteiger partial charge in [0.1, 0.15) is 11.5 Å². The van der Waals surface area contributed by atoms with Gasteiger partial charge in [-0.15, -0.1) is 0 Å². The number of para-hydroxylation sites is 1. The van der Waals surface area contributed by atoms with Crippen molar-refractivity contribution in [1.82, 2.24) is 14.9 Å². The van der Waals surface area contributed by atoms with Crippen LogP contribution in [-0.2, 0) is 6.42 Å². The van der Waals surface area contributed by atoms with E-state index in [1.54, 1.807) is 11.0 Å². The maximum atomic E-state index is 13.6. The number of aryl methyl sites for hydroxylation is 2. The molecule has 2 N–H and O–H groups in total. The summed E-state index contributed by atoms with van der Waals surface area (Å²) in [5, 5.41) is 12.2. The van der Waals surface area contributed by atoms with Crippen molar-refractivity contribution in [2.75, 3.05) is 49.1 Å². The number of halogens is 2. The fourth-order valence-corrected chi connectivity index (χ4v) is 5.02. The smallest absolute Gasteiger partial charge is 0.278 e. The van der Waals surface area contributed by atoms with Crippen LogP contribution in [0.5, 0.6) is 0 Å². The molecule has 0 saturated carbocycles. The van der Waals surface area contributed by atoms with Crippen molar-refractivity contribution in [2.24, 2.45) is 0 Å². The summed E-state index contributed by atoms with van der Waals surface area (Å²) in [7, 11) is 0. The number of aromatic nitrogens is 2. The van der Waals surface area contributed by atoms with Gasteiger partial charge in [-0.1, -0.05) is 54.4 Å². The molecule has 192 valence electrons. The Morgan fingerprint density at radius 2 is 1.83 bits per heavy atom. The Labute approximate surface area is 222 Å². The van der Waals surface area contributed by atoms with Gasteiger partial charge in [0, 0.05) is 50.5 Å². The lowest BCUT2D eigenvalue weighted by Crippen LogP contribution is -2.50. The number of amides is 1. The number of aliphatic hydroxyl groups is 1.